The molecule has 0 N–H and O–H groups in total. The van der Waals surface area contributed by atoms with Gasteiger partial charge in [-0.05, 0) is 0 Å². The van der Waals surface area contributed by atoms with E-state index in [1.807, 2.05) is 31.2 Å². The minimum atomic E-state index is -3.36. The van der Waals surface area contributed by atoms with Gasteiger partial charge in [-0.25, -0.2) is 0 Å². The summed E-state index contributed by atoms with van der Waals surface area (Å²) in [6.07, 6.45) is 0. The number of aryl methyl sites for hydroxylation is 1. The van der Waals surface area contributed by atoms with Gasteiger partial charge in [0.15, 0.2) is 0 Å². The molecule has 0 aliphatic heterocycles. The van der Waals surface area contributed by atoms with Crippen molar-refractivity contribution < 1.29 is 0 Å². The fraction of sp³-hybridized carbons (Fsp3) is 0.143. The molecule has 11 heavy (non-hydrogen) atoms. The zero-order valence-electron chi connectivity index (χ0n) is 5.94. The van der Waals surface area contributed by atoms with Crippen molar-refractivity contribution in [2.24, 2.45) is 0 Å². The van der Waals surface area contributed by atoms with E-state index < -0.39 is 15.0 Å². The molecule has 0 saturated heterocycles. The Bertz CT molecular complexity index is 254. The summed E-state index contributed by atoms with van der Waals surface area (Å²) in [5.74, 6) is 0. The Balaban J connectivity index is 3.14. The fourth-order valence-electron chi connectivity index (χ4n) is 0.891. The number of benzene rings is 1. The second kappa shape index (κ2) is 3.73. The Kier molecular flexibility index (Phi) is 3.38. The van der Waals surface area contributed by atoms with Gasteiger partial charge < -0.3 is 0 Å². The summed E-state index contributed by atoms with van der Waals surface area (Å²) in [5, 5.41) is 0. The molecule has 1 rings (SSSR count). The molecule has 60 valence electrons. The molecule has 0 heterocycles. The van der Waals surface area contributed by atoms with Gasteiger partial charge in [0.1, 0.15) is 0 Å². The van der Waals surface area contributed by atoms with Crippen molar-refractivity contribution >= 4 is 45.3 Å². The monoisotopic (exact) mass is 316 g/mol. The maximum absolute atomic E-state index is 5.90. The van der Waals surface area contributed by atoms with Crippen molar-refractivity contribution in [1.82, 2.24) is 0 Å². The topological polar surface area (TPSA) is 0 Å². The van der Waals surface area contributed by atoms with Crippen molar-refractivity contribution in [3.63, 3.8) is 0 Å². The van der Waals surface area contributed by atoms with E-state index in [9.17, 15) is 0 Å². The molecule has 0 saturated carbocycles. The van der Waals surface area contributed by atoms with E-state index >= 15 is 0 Å². The van der Waals surface area contributed by atoms with Crippen LogP contribution in [0.3, 0.4) is 0 Å². The summed E-state index contributed by atoms with van der Waals surface area (Å²) in [4.78, 5) is 0. The zero-order valence-corrected chi connectivity index (χ0v) is 11.1. The molecule has 4 heteroatoms. The average molecular weight is 316 g/mol. The minimum absolute atomic E-state index is 0.951. The summed E-state index contributed by atoms with van der Waals surface area (Å²) in [5.41, 5.74) is 1.09. The van der Waals surface area contributed by atoms with Crippen LogP contribution in [-0.4, -0.2) is 15.0 Å². The molecule has 0 fully saturated rings. The SMILES string of the molecule is Cc1cccc[c]1[Sn]([Cl])([Cl])[Cl]. The van der Waals surface area contributed by atoms with E-state index in [1.54, 1.807) is 0 Å². The quantitative estimate of drug-likeness (QED) is 0.699. The van der Waals surface area contributed by atoms with Crippen LogP contribution in [0, 0.1) is 6.92 Å². The Hall–Kier alpha value is 0.889. The summed E-state index contributed by atoms with van der Waals surface area (Å²) in [6.45, 7) is 1.97. The van der Waals surface area contributed by atoms with Crippen molar-refractivity contribution in [2.45, 2.75) is 6.92 Å². The first-order valence-electron chi connectivity index (χ1n) is 3.14. The summed E-state index contributed by atoms with van der Waals surface area (Å²) in [6, 6.07) is 7.72. The van der Waals surface area contributed by atoms with Gasteiger partial charge in [-0.1, -0.05) is 0 Å². The van der Waals surface area contributed by atoms with Gasteiger partial charge in [-0.15, -0.1) is 0 Å². The molecule has 0 amide bonds. The van der Waals surface area contributed by atoms with Gasteiger partial charge in [0.25, 0.3) is 0 Å². The molecule has 0 radical (unpaired) electrons. The third-order valence-corrected chi connectivity index (χ3v) is 8.89. The normalized spacial score (nSPS) is 11.6. The van der Waals surface area contributed by atoms with E-state index in [0.717, 1.165) is 9.14 Å². The van der Waals surface area contributed by atoms with E-state index in [4.69, 9.17) is 26.8 Å². The number of rotatable bonds is 1. The predicted molar refractivity (Wildman–Crippen MR) is 54.1 cm³/mol. The van der Waals surface area contributed by atoms with Gasteiger partial charge in [-0.2, -0.15) is 0 Å². The molecular formula is C7H7Cl3Sn. The molecule has 0 aliphatic rings. The van der Waals surface area contributed by atoms with Crippen LogP contribution in [0.4, 0.5) is 0 Å². The summed E-state index contributed by atoms with van der Waals surface area (Å²) < 4.78 is 0.951. The van der Waals surface area contributed by atoms with Crippen molar-refractivity contribution in [2.75, 3.05) is 0 Å². The second-order valence-electron chi connectivity index (χ2n) is 2.31. The van der Waals surface area contributed by atoms with Crippen LogP contribution in [0.25, 0.3) is 0 Å². The molecule has 1 aromatic carbocycles. The molecule has 0 aliphatic carbocycles. The van der Waals surface area contributed by atoms with E-state index in [2.05, 4.69) is 0 Å². The van der Waals surface area contributed by atoms with E-state index in [-0.39, 0.29) is 0 Å². The standard InChI is InChI=1S/C7H7.3ClH.Sn/c1-7-5-3-2-4-6-7;;;;/h2-5H,1H3;3*1H;/q;;;;+3/p-3. The Morgan fingerprint density at radius 3 is 2.00 bits per heavy atom. The Labute approximate surface area is 81.5 Å². The van der Waals surface area contributed by atoms with Gasteiger partial charge in [0, 0.05) is 0 Å². The Morgan fingerprint density at radius 2 is 1.64 bits per heavy atom. The molecule has 0 atom stereocenters. The zero-order chi connectivity index (χ0) is 8.48. The number of hydrogen-bond acceptors (Lipinski definition) is 0. The van der Waals surface area contributed by atoms with Crippen LogP contribution in [0.1, 0.15) is 5.56 Å². The molecular weight excluding hydrogens is 309 g/mol. The van der Waals surface area contributed by atoms with Crippen LogP contribution in [0.2, 0.25) is 0 Å². The second-order valence-corrected chi connectivity index (χ2v) is 22.0. The first-order valence-corrected chi connectivity index (χ1v) is 15.4. The van der Waals surface area contributed by atoms with Crippen LogP contribution in [-0.2, 0) is 0 Å². The number of halogens is 3. The molecule has 0 nitrogen and oxygen atoms in total. The molecule has 1 aromatic rings. The first kappa shape index (κ1) is 9.97. The Morgan fingerprint density at radius 1 is 1.09 bits per heavy atom. The average Bonchev–Trinajstić information content (AvgIpc) is 1.86. The maximum atomic E-state index is 5.90. The van der Waals surface area contributed by atoms with Gasteiger partial charge in [0.2, 0.25) is 0 Å². The van der Waals surface area contributed by atoms with Crippen molar-refractivity contribution in [3.8, 4) is 0 Å². The predicted octanol–water partition coefficient (Wildman–Crippen LogP) is 2.86. The van der Waals surface area contributed by atoms with Crippen LogP contribution >= 0.6 is 26.8 Å². The van der Waals surface area contributed by atoms with Gasteiger partial charge in [-0.3, -0.25) is 0 Å². The van der Waals surface area contributed by atoms with Crippen LogP contribution in [0.5, 0.6) is 0 Å². The third-order valence-electron chi connectivity index (χ3n) is 1.45. The molecule has 0 unspecified atom stereocenters. The first-order chi connectivity index (χ1) is 5.02. The summed E-state index contributed by atoms with van der Waals surface area (Å²) >= 11 is -3.36. The van der Waals surface area contributed by atoms with Crippen LogP contribution in [0.15, 0.2) is 24.3 Å². The van der Waals surface area contributed by atoms with Crippen molar-refractivity contribution in [1.29, 1.82) is 0 Å². The number of hydrogen-bond donors (Lipinski definition) is 0. The fourth-order valence-corrected chi connectivity index (χ4v) is 7.49. The third kappa shape index (κ3) is 2.69. The van der Waals surface area contributed by atoms with Gasteiger partial charge >= 0.3 is 82.1 Å². The van der Waals surface area contributed by atoms with E-state index in [1.165, 1.54) is 0 Å². The molecule has 0 spiro atoms. The van der Waals surface area contributed by atoms with Crippen LogP contribution < -0.4 is 3.58 Å². The van der Waals surface area contributed by atoms with Gasteiger partial charge in [0.05, 0.1) is 0 Å². The summed E-state index contributed by atoms with van der Waals surface area (Å²) in [7, 11) is 17.7. The molecule has 0 bridgehead atoms. The van der Waals surface area contributed by atoms with Crippen molar-refractivity contribution in [3.05, 3.63) is 29.8 Å². The molecule has 0 aromatic heterocycles. The van der Waals surface area contributed by atoms with E-state index in [0.29, 0.717) is 0 Å².